The SMILES string of the molecule is c1ccc(-c2nc(-c3ccccc3)nc(-c3ccc(-n4c5ccccc5c5c6c7ccccc7c7ccccc7c6ccc54)cc3)n2)cc1. The molecule has 0 atom stereocenters. The first-order valence-electron chi connectivity index (χ1n) is 16.5. The third-order valence-corrected chi connectivity index (χ3v) is 9.63. The number of hydrogen-bond acceptors (Lipinski definition) is 3. The molecule has 0 aliphatic heterocycles. The Bertz CT molecular complexity index is 2760. The predicted octanol–water partition coefficient (Wildman–Crippen LogP) is 11.4. The number of para-hydroxylation sites is 1. The van der Waals surface area contributed by atoms with Crippen LogP contribution in [0.3, 0.4) is 0 Å². The molecule has 4 heteroatoms. The summed E-state index contributed by atoms with van der Waals surface area (Å²) < 4.78 is 2.38. The van der Waals surface area contributed by atoms with Crippen molar-refractivity contribution >= 4 is 54.1 Å². The molecule has 0 N–H and O–H groups in total. The van der Waals surface area contributed by atoms with Gasteiger partial charge in [-0.2, -0.15) is 0 Å². The number of hydrogen-bond donors (Lipinski definition) is 0. The van der Waals surface area contributed by atoms with E-state index < -0.39 is 0 Å². The lowest BCUT2D eigenvalue weighted by Gasteiger charge is -2.13. The van der Waals surface area contributed by atoms with Gasteiger partial charge in [-0.1, -0.05) is 133 Å². The molecule has 228 valence electrons. The fourth-order valence-corrected chi connectivity index (χ4v) is 7.43. The molecule has 2 heterocycles. The Labute approximate surface area is 282 Å². The van der Waals surface area contributed by atoms with Crippen LogP contribution in [0.5, 0.6) is 0 Å². The average molecular weight is 625 g/mol. The summed E-state index contributed by atoms with van der Waals surface area (Å²) in [7, 11) is 0. The third-order valence-electron chi connectivity index (χ3n) is 9.63. The highest BCUT2D eigenvalue weighted by molar-refractivity contribution is 6.35. The van der Waals surface area contributed by atoms with Crippen molar-refractivity contribution in [3.63, 3.8) is 0 Å². The van der Waals surface area contributed by atoms with E-state index in [2.05, 4.69) is 114 Å². The number of rotatable bonds is 4. The normalized spacial score (nSPS) is 11.7. The molecule has 0 fully saturated rings. The molecule has 10 aromatic rings. The highest BCUT2D eigenvalue weighted by atomic mass is 15.0. The van der Waals surface area contributed by atoms with E-state index in [1.165, 1.54) is 54.1 Å². The summed E-state index contributed by atoms with van der Waals surface area (Å²) >= 11 is 0. The smallest absolute Gasteiger partial charge is 0.164 e. The Morgan fingerprint density at radius 2 is 0.714 bits per heavy atom. The minimum Gasteiger partial charge on any atom is -0.309 e. The van der Waals surface area contributed by atoms with Crippen molar-refractivity contribution in [2.75, 3.05) is 0 Å². The van der Waals surface area contributed by atoms with Crippen LogP contribution < -0.4 is 0 Å². The molecule has 0 radical (unpaired) electrons. The molecule has 10 rings (SSSR count). The lowest BCUT2D eigenvalue weighted by atomic mass is 9.92. The average Bonchev–Trinajstić information content (AvgIpc) is 3.53. The zero-order valence-corrected chi connectivity index (χ0v) is 26.5. The van der Waals surface area contributed by atoms with Crippen LogP contribution in [0.2, 0.25) is 0 Å². The lowest BCUT2D eigenvalue weighted by molar-refractivity contribution is 1.07. The summed E-state index contributed by atoms with van der Waals surface area (Å²) in [4.78, 5) is 14.8. The van der Waals surface area contributed by atoms with Gasteiger partial charge in [-0.15, -0.1) is 0 Å². The standard InChI is InChI=1S/C45H28N4/c1-3-13-29(14-4-1)43-46-44(30-15-5-2-6-16-30)48-45(47-43)31-23-25-32(26-24-31)49-39-22-12-11-21-38(39)42-40(49)28-27-37-35-19-8-7-17-33(35)34-18-9-10-20-36(34)41(37)42/h1-28H. The quantitative estimate of drug-likeness (QED) is 0.183. The van der Waals surface area contributed by atoms with Crippen LogP contribution in [0.25, 0.3) is 94.0 Å². The summed E-state index contributed by atoms with van der Waals surface area (Å²) in [5, 5.41) is 10.2. The fraction of sp³-hybridized carbons (Fsp3) is 0. The van der Waals surface area contributed by atoms with Gasteiger partial charge in [0.15, 0.2) is 17.5 Å². The van der Waals surface area contributed by atoms with Crippen LogP contribution in [0.1, 0.15) is 0 Å². The number of aromatic nitrogens is 4. The fourth-order valence-electron chi connectivity index (χ4n) is 7.43. The third kappa shape index (κ3) is 4.35. The molecule has 0 amide bonds. The Morgan fingerprint density at radius 3 is 1.29 bits per heavy atom. The maximum Gasteiger partial charge on any atom is 0.164 e. The van der Waals surface area contributed by atoms with Crippen molar-refractivity contribution in [2.24, 2.45) is 0 Å². The minimum atomic E-state index is 0.644. The minimum absolute atomic E-state index is 0.644. The summed E-state index contributed by atoms with van der Waals surface area (Å²) in [5.41, 5.74) is 6.28. The largest absolute Gasteiger partial charge is 0.309 e. The number of nitrogens with zero attached hydrogens (tertiary/aromatic N) is 4. The first-order chi connectivity index (χ1) is 24.3. The van der Waals surface area contributed by atoms with Gasteiger partial charge in [-0.25, -0.2) is 15.0 Å². The van der Waals surface area contributed by atoms with Gasteiger partial charge in [0, 0.05) is 38.5 Å². The van der Waals surface area contributed by atoms with Crippen LogP contribution in [-0.4, -0.2) is 19.5 Å². The predicted molar refractivity (Wildman–Crippen MR) is 203 cm³/mol. The van der Waals surface area contributed by atoms with Crippen molar-refractivity contribution in [2.45, 2.75) is 0 Å². The second-order valence-electron chi connectivity index (χ2n) is 12.4. The zero-order chi connectivity index (χ0) is 32.3. The van der Waals surface area contributed by atoms with Crippen molar-refractivity contribution in [1.29, 1.82) is 0 Å². The van der Waals surface area contributed by atoms with Gasteiger partial charge in [0.25, 0.3) is 0 Å². The molecule has 0 saturated heterocycles. The van der Waals surface area contributed by atoms with E-state index in [1.54, 1.807) is 0 Å². The van der Waals surface area contributed by atoms with Crippen LogP contribution in [0.4, 0.5) is 0 Å². The molecule has 0 aliphatic carbocycles. The first-order valence-corrected chi connectivity index (χ1v) is 16.5. The summed E-state index contributed by atoms with van der Waals surface area (Å²) in [5.74, 6) is 1.95. The maximum absolute atomic E-state index is 4.95. The van der Waals surface area contributed by atoms with E-state index in [0.717, 1.165) is 22.4 Å². The molecule has 0 bridgehead atoms. The Morgan fingerprint density at radius 1 is 0.286 bits per heavy atom. The van der Waals surface area contributed by atoms with Gasteiger partial charge in [0.05, 0.1) is 11.0 Å². The maximum atomic E-state index is 4.95. The van der Waals surface area contributed by atoms with Crippen LogP contribution in [0.15, 0.2) is 170 Å². The first kappa shape index (κ1) is 27.5. The van der Waals surface area contributed by atoms with Crippen LogP contribution in [-0.2, 0) is 0 Å². The van der Waals surface area contributed by atoms with Gasteiger partial charge in [-0.05, 0) is 63.3 Å². The summed E-state index contributed by atoms with van der Waals surface area (Å²) in [6.45, 7) is 0. The van der Waals surface area contributed by atoms with E-state index in [9.17, 15) is 0 Å². The molecule has 0 unspecified atom stereocenters. The van der Waals surface area contributed by atoms with E-state index in [4.69, 9.17) is 15.0 Å². The van der Waals surface area contributed by atoms with E-state index in [0.29, 0.717) is 17.5 Å². The zero-order valence-electron chi connectivity index (χ0n) is 26.5. The molecular formula is C45H28N4. The Kier molecular flexibility index (Phi) is 6.15. The van der Waals surface area contributed by atoms with Gasteiger partial charge >= 0.3 is 0 Å². The Hall–Kier alpha value is -6.65. The molecule has 0 saturated carbocycles. The van der Waals surface area contributed by atoms with Crippen molar-refractivity contribution in [3.05, 3.63) is 170 Å². The van der Waals surface area contributed by atoms with E-state index >= 15 is 0 Å². The second-order valence-corrected chi connectivity index (χ2v) is 12.4. The second kappa shape index (κ2) is 11.0. The van der Waals surface area contributed by atoms with Crippen LogP contribution in [0, 0.1) is 0 Å². The van der Waals surface area contributed by atoms with Gasteiger partial charge < -0.3 is 4.57 Å². The monoisotopic (exact) mass is 624 g/mol. The summed E-state index contributed by atoms with van der Waals surface area (Å²) in [6.07, 6.45) is 0. The number of fused-ring (bicyclic) bond motifs is 10. The number of benzene rings is 8. The van der Waals surface area contributed by atoms with Gasteiger partial charge in [0.2, 0.25) is 0 Å². The molecule has 2 aromatic heterocycles. The van der Waals surface area contributed by atoms with Gasteiger partial charge in [-0.3, -0.25) is 0 Å². The molecule has 4 nitrogen and oxygen atoms in total. The van der Waals surface area contributed by atoms with Crippen molar-refractivity contribution < 1.29 is 0 Å². The summed E-state index contributed by atoms with van der Waals surface area (Å²) in [6, 6.07) is 59.7. The van der Waals surface area contributed by atoms with E-state index in [-0.39, 0.29) is 0 Å². The highest BCUT2D eigenvalue weighted by Crippen LogP contribution is 2.43. The van der Waals surface area contributed by atoms with Crippen molar-refractivity contribution in [3.8, 4) is 39.9 Å². The molecule has 8 aromatic carbocycles. The van der Waals surface area contributed by atoms with Crippen LogP contribution >= 0.6 is 0 Å². The topological polar surface area (TPSA) is 43.6 Å². The van der Waals surface area contributed by atoms with Gasteiger partial charge in [0.1, 0.15) is 0 Å². The molecular weight excluding hydrogens is 597 g/mol. The lowest BCUT2D eigenvalue weighted by Crippen LogP contribution is -2.00. The Balaban J connectivity index is 1.18. The van der Waals surface area contributed by atoms with Crippen molar-refractivity contribution in [1.82, 2.24) is 19.5 Å². The molecule has 49 heavy (non-hydrogen) atoms. The molecule has 0 spiro atoms. The molecule has 0 aliphatic rings. The van der Waals surface area contributed by atoms with E-state index in [1.807, 2.05) is 60.7 Å². The highest BCUT2D eigenvalue weighted by Gasteiger charge is 2.19.